The summed E-state index contributed by atoms with van der Waals surface area (Å²) in [5, 5.41) is 15.8. The Morgan fingerprint density at radius 2 is 2.23 bits per heavy atom. The monoisotopic (exact) mass is 486 g/mol. The molecule has 7 nitrogen and oxygen atoms in total. The van der Waals surface area contributed by atoms with Gasteiger partial charge in [0.25, 0.3) is 0 Å². The average molecular weight is 486 g/mol. The van der Waals surface area contributed by atoms with E-state index in [4.69, 9.17) is 4.42 Å². The van der Waals surface area contributed by atoms with Crippen molar-refractivity contribution in [3.8, 4) is 11.6 Å². The second-order valence-corrected chi connectivity index (χ2v) is 6.48. The van der Waals surface area contributed by atoms with Crippen LogP contribution in [0.1, 0.15) is 23.2 Å². The first-order valence-corrected chi connectivity index (χ1v) is 9.14. The van der Waals surface area contributed by atoms with Crippen molar-refractivity contribution in [3.63, 3.8) is 0 Å². The van der Waals surface area contributed by atoms with E-state index in [9.17, 15) is 0 Å². The number of aryl methyl sites for hydroxylation is 1. The van der Waals surface area contributed by atoms with E-state index in [0.717, 1.165) is 24.7 Å². The molecule has 0 aliphatic heterocycles. The first-order valence-electron chi connectivity index (χ1n) is 8.26. The van der Waals surface area contributed by atoms with Gasteiger partial charge in [0.05, 0.1) is 12.8 Å². The fourth-order valence-corrected chi connectivity index (χ4v) is 3.11. The first kappa shape index (κ1) is 20.4. The molecule has 0 bridgehead atoms. The van der Waals surface area contributed by atoms with Crippen molar-refractivity contribution >= 4 is 41.3 Å². The highest BCUT2D eigenvalue weighted by atomic mass is 127. The van der Waals surface area contributed by atoms with Gasteiger partial charge in [0.15, 0.2) is 11.7 Å². The molecule has 0 aromatic carbocycles. The molecule has 3 rings (SSSR count). The fraction of sp³-hybridized carbons (Fsp3) is 0.353. The van der Waals surface area contributed by atoms with Crippen molar-refractivity contribution in [2.45, 2.75) is 26.8 Å². The van der Waals surface area contributed by atoms with Gasteiger partial charge < -0.3 is 15.1 Å². The third kappa shape index (κ3) is 5.56. The van der Waals surface area contributed by atoms with Crippen LogP contribution >= 0.6 is 35.3 Å². The number of nitrogens with zero attached hydrogens (tertiary/aromatic N) is 3. The number of aromatic amines is 1. The molecule has 9 heteroatoms. The number of H-pyrrole nitrogens is 1. The number of guanidine groups is 1. The Morgan fingerprint density at radius 1 is 1.35 bits per heavy atom. The van der Waals surface area contributed by atoms with Gasteiger partial charge in [-0.3, -0.25) is 5.10 Å². The van der Waals surface area contributed by atoms with E-state index in [1.165, 1.54) is 10.4 Å². The molecule has 26 heavy (non-hydrogen) atoms. The molecule has 140 valence electrons. The fourth-order valence-electron chi connectivity index (χ4n) is 2.28. The van der Waals surface area contributed by atoms with E-state index in [1.54, 1.807) is 17.6 Å². The van der Waals surface area contributed by atoms with Crippen molar-refractivity contribution < 1.29 is 4.42 Å². The Balaban J connectivity index is 0.00000243. The maximum Gasteiger partial charge on any atom is 0.216 e. The second-order valence-electron chi connectivity index (χ2n) is 5.48. The summed E-state index contributed by atoms with van der Waals surface area (Å²) < 4.78 is 5.30. The van der Waals surface area contributed by atoms with Crippen molar-refractivity contribution in [1.82, 2.24) is 25.8 Å². The van der Waals surface area contributed by atoms with Crippen LogP contribution in [0.4, 0.5) is 0 Å². The minimum absolute atomic E-state index is 0. The molecule has 3 N–H and O–H groups in total. The third-order valence-electron chi connectivity index (χ3n) is 3.62. The highest BCUT2D eigenvalue weighted by Gasteiger charge is 2.08. The summed E-state index contributed by atoms with van der Waals surface area (Å²) in [6, 6.07) is 5.78. The van der Waals surface area contributed by atoms with Crippen LogP contribution in [-0.2, 0) is 13.0 Å². The molecule has 3 aromatic heterocycles. The minimum Gasteiger partial charge on any atom is -0.461 e. The van der Waals surface area contributed by atoms with Gasteiger partial charge in [-0.15, -0.1) is 35.3 Å². The highest BCUT2D eigenvalue weighted by molar-refractivity contribution is 14.0. The zero-order valence-corrected chi connectivity index (χ0v) is 17.9. The number of aromatic nitrogens is 3. The summed E-state index contributed by atoms with van der Waals surface area (Å²) in [5.41, 5.74) is 1.29. The van der Waals surface area contributed by atoms with Gasteiger partial charge in [0.1, 0.15) is 5.82 Å². The van der Waals surface area contributed by atoms with Gasteiger partial charge in [0.2, 0.25) is 5.82 Å². The number of halogens is 1. The van der Waals surface area contributed by atoms with Gasteiger partial charge in [-0.25, -0.2) is 9.98 Å². The van der Waals surface area contributed by atoms with Gasteiger partial charge in [-0.2, -0.15) is 5.10 Å². The molecule has 0 fully saturated rings. The smallest absolute Gasteiger partial charge is 0.216 e. The first-order chi connectivity index (χ1) is 12.3. The Hall–Kier alpha value is -1.88. The summed E-state index contributed by atoms with van der Waals surface area (Å²) in [7, 11) is 0. The van der Waals surface area contributed by atoms with Crippen molar-refractivity contribution in [2.75, 3.05) is 13.1 Å². The lowest BCUT2D eigenvalue weighted by Gasteiger charge is -2.10. The number of furan rings is 1. The largest absolute Gasteiger partial charge is 0.461 e. The zero-order chi connectivity index (χ0) is 17.5. The summed E-state index contributed by atoms with van der Waals surface area (Å²) in [6.45, 7) is 6.38. The van der Waals surface area contributed by atoms with Gasteiger partial charge in [0, 0.05) is 24.4 Å². The van der Waals surface area contributed by atoms with Crippen LogP contribution in [0.3, 0.4) is 0 Å². The van der Waals surface area contributed by atoms with E-state index in [-0.39, 0.29) is 24.0 Å². The Labute approximate surface area is 173 Å². The molecule has 0 spiro atoms. The average Bonchev–Trinajstić information content (AvgIpc) is 3.34. The van der Waals surface area contributed by atoms with Gasteiger partial charge in [-0.1, -0.05) is 0 Å². The molecule has 3 heterocycles. The molecular weight excluding hydrogens is 463 g/mol. The van der Waals surface area contributed by atoms with Crippen LogP contribution in [0, 0.1) is 6.92 Å². The molecule has 0 saturated carbocycles. The highest BCUT2D eigenvalue weighted by Crippen LogP contribution is 2.16. The van der Waals surface area contributed by atoms with Crippen LogP contribution in [-0.4, -0.2) is 34.2 Å². The number of aliphatic imine (C=N–C) groups is 1. The van der Waals surface area contributed by atoms with E-state index in [2.05, 4.69) is 56.1 Å². The Morgan fingerprint density at radius 3 is 2.92 bits per heavy atom. The van der Waals surface area contributed by atoms with Crippen molar-refractivity contribution in [2.24, 2.45) is 4.99 Å². The minimum atomic E-state index is 0. The van der Waals surface area contributed by atoms with Crippen LogP contribution in [0.5, 0.6) is 0 Å². The zero-order valence-electron chi connectivity index (χ0n) is 14.8. The van der Waals surface area contributed by atoms with E-state index < -0.39 is 0 Å². The van der Waals surface area contributed by atoms with E-state index >= 15 is 0 Å². The standard InChI is InChI=1S/C17H22N6OS.HI/c1-3-18-17(20-11-14-12(2)7-10-25-14)19-8-6-15-21-16(23-22-15)13-5-4-9-24-13;/h4-5,7,9-10H,3,6,8,11H2,1-2H3,(H2,18,19,20)(H,21,22,23);1H. The number of nitrogens with one attached hydrogen (secondary N) is 3. The molecule has 0 radical (unpaired) electrons. The van der Waals surface area contributed by atoms with Crippen molar-refractivity contribution in [1.29, 1.82) is 0 Å². The molecule has 3 aromatic rings. The molecule has 0 saturated heterocycles. The summed E-state index contributed by atoms with van der Waals surface area (Å²) in [4.78, 5) is 10.4. The summed E-state index contributed by atoms with van der Waals surface area (Å²) in [6.07, 6.45) is 2.33. The van der Waals surface area contributed by atoms with Gasteiger partial charge >= 0.3 is 0 Å². The molecule has 0 atom stereocenters. The van der Waals surface area contributed by atoms with Crippen molar-refractivity contribution in [3.05, 3.63) is 46.1 Å². The topological polar surface area (TPSA) is 91.1 Å². The molecule has 0 unspecified atom stereocenters. The summed E-state index contributed by atoms with van der Waals surface area (Å²) >= 11 is 1.74. The predicted octanol–water partition coefficient (Wildman–Crippen LogP) is 3.35. The normalized spacial score (nSPS) is 11.2. The molecular formula is C17H23IN6OS. The summed E-state index contributed by atoms with van der Waals surface area (Å²) in [5.74, 6) is 2.86. The quantitative estimate of drug-likeness (QED) is 0.271. The Bertz CT molecular complexity index is 811. The number of thiophene rings is 1. The lowest BCUT2D eigenvalue weighted by Crippen LogP contribution is -2.38. The van der Waals surface area contributed by atoms with E-state index in [0.29, 0.717) is 24.7 Å². The predicted molar refractivity (Wildman–Crippen MR) is 115 cm³/mol. The molecule has 0 aliphatic rings. The van der Waals surface area contributed by atoms with Crippen LogP contribution < -0.4 is 10.6 Å². The lowest BCUT2D eigenvalue weighted by molar-refractivity contribution is 0.577. The SMILES string of the molecule is CCNC(=NCc1sccc1C)NCCc1nc(-c2ccco2)n[nH]1.I. The second kappa shape index (κ2) is 10.3. The maximum atomic E-state index is 5.30. The Kier molecular flexibility index (Phi) is 8.10. The lowest BCUT2D eigenvalue weighted by atomic mass is 10.3. The van der Waals surface area contributed by atoms with Crippen LogP contribution in [0.25, 0.3) is 11.6 Å². The molecule has 0 aliphatic carbocycles. The van der Waals surface area contributed by atoms with E-state index in [1.807, 2.05) is 12.1 Å². The molecule has 0 amide bonds. The number of rotatable bonds is 7. The third-order valence-corrected chi connectivity index (χ3v) is 4.63. The van der Waals surface area contributed by atoms with Crippen LogP contribution in [0.2, 0.25) is 0 Å². The maximum absolute atomic E-state index is 5.30. The number of hydrogen-bond acceptors (Lipinski definition) is 5. The van der Waals surface area contributed by atoms with Gasteiger partial charge in [-0.05, 0) is 43.0 Å². The van der Waals surface area contributed by atoms with Crippen LogP contribution in [0.15, 0.2) is 39.3 Å². The number of hydrogen-bond donors (Lipinski definition) is 3.